The molecule has 3 fully saturated rings. The summed E-state index contributed by atoms with van der Waals surface area (Å²) in [7, 11) is 1.30. The van der Waals surface area contributed by atoms with Gasteiger partial charge in [-0.05, 0) is 56.6 Å². The first-order valence-corrected chi connectivity index (χ1v) is 14.8. The van der Waals surface area contributed by atoms with Crippen LogP contribution in [-0.2, 0) is 9.53 Å². The molecule has 11 heteroatoms. The topological polar surface area (TPSA) is 101 Å². The Balaban J connectivity index is 1.32. The van der Waals surface area contributed by atoms with Crippen molar-refractivity contribution < 1.29 is 28.2 Å². The number of anilines is 1. The molecule has 0 radical (unpaired) electrons. The Labute approximate surface area is 247 Å². The molecule has 3 aliphatic rings. The number of carbonyl (C=O) groups excluding carboxylic acids is 1. The van der Waals surface area contributed by atoms with E-state index in [4.69, 9.17) is 14.5 Å². The minimum atomic E-state index is -1.00. The lowest BCUT2D eigenvalue weighted by molar-refractivity contribution is -0.150. The monoisotopic (exact) mass is 589 g/mol. The highest BCUT2D eigenvalue weighted by Crippen LogP contribution is 2.40. The first-order chi connectivity index (χ1) is 20.9. The summed E-state index contributed by atoms with van der Waals surface area (Å²) in [5.74, 6) is -1.96. The average molecular weight is 590 g/mol. The van der Waals surface area contributed by atoms with Gasteiger partial charge in [-0.3, -0.25) is 14.7 Å². The number of carbonyl (C=O) groups is 1. The van der Waals surface area contributed by atoms with E-state index in [1.54, 1.807) is 35.2 Å². The predicted octanol–water partition coefficient (Wildman–Crippen LogP) is 4.49. The number of fused-ring (bicyclic) bond motifs is 3. The molecule has 43 heavy (non-hydrogen) atoms. The number of benzene rings is 2. The van der Waals surface area contributed by atoms with E-state index in [1.807, 2.05) is 0 Å². The maximum absolute atomic E-state index is 16.5. The smallest absolute Gasteiger partial charge is 0.319 e. The molecule has 5 heterocycles. The van der Waals surface area contributed by atoms with E-state index in [9.17, 15) is 14.3 Å². The third kappa shape index (κ3) is 4.75. The van der Waals surface area contributed by atoms with Crippen molar-refractivity contribution in [3.8, 4) is 17.3 Å². The van der Waals surface area contributed by atoms with Crippen LogP contribution < -0.4 is 9.64 Å². The minimum absolute atomic E-state index is 0.00452. The second-order valence-electron chi connectivity index (χ2n) is 11.8. The summed E-state index contributed by atoms with van der Waals surface area (Å²) in [6.45, 7) is 2.91. The average Bonchev–Trinajstić information content (AvgIpc) is 3.60. The first-order valence-electron chi connectivity index (χ1n) is 14.8. The number of esters is 1. The molecule has 0 aliphatic carbocycles. The molecule has 2 atom stereocenters. The quantitative estimate of drug-likeness (QED) is 0.326. The van der Waals surface area contributed by atoms with E-state index in [0.29, 0.717) is 41.7 Å². The predicted molar refractivity (Wildman–Crippen MR) is 157 cm³/mol. The summed E-state index contributed by atoms with van der Waals surface area (Å²) in [5, 5.41) is 12.1. The second-order valence-corrected chi connectivity index (χ2v) is 11.8. The van der Waals surface area contributed by atoms with Gasteiger partial charge in [-0.2, -0.15) is 9.97 Å². The number of methoxy groups -OCH3 is 1. The fourth-order valence-corrected chi connectivity index (χ4v) is 7.22. The summed E-state index contributed by atoms with van der Waals surface area (Å²) in [6, 6.07) is 9.90. The Morgan fingerprint density at radius 1 is 1.09 bits per heavy atom. The van der Waals surface area contributed by atoms with Gasteiger partial charge in [0.2, 0.25) is 0 Å². The highest BCUT2D eigenvalue weighted by molar-refractivity contribution is 5.99. The molecule has 224 valence electrons. The SMILES string of the molecule is COC(=O)[C@H]1CCN(c2nc(OCC34CCCN3CCC4)nc3c(F)c(-c4cccc5cccc(F)c45)ncc23)C[C@H]1O. The lowest BCUT2D eigenvalue weighted by Gasteiger charge is -2.36. The molecule has 1 N–H and O–H groups in total. The van der Waals surface area contributed by atoms with E-state index in [2.05, 4.69) is 14.9 Å². The number of nitrogens with zero attached hydrogens (tertiary/aromatic N) is 5. The molecule has 3 aliphatic heterocycles. The van der Waals surface area contributed by atoms with Crippen molar-refractivity contribution in [2.24, 2.45) is 5.92 Å². The van der Waals surface area contributed by atoms with Gasteiger partial charge >= 0.3 is 12.0 Å². The number of rotatable bonds is 6. The lowest BCUT2D eigenvalue weighted by Crippen LogP contribution is -2.47. The van der Waals surface area contributed by atoms with E-state index in [0.717, 1.165) is 38.8 Å². The first kappa shape index (κ1) is 27.8. The van der Waals surface area contributed by atoms with Crippen molar-refractivity contribution in [2.75, 3.05) is 44.8 Å². The fourth-order valence-electron chi connectivity index (χ4n) is 7.22. The molecule has 0 saturated carbocycles. The fraction of sp³-hybridized carbons (Fsp3) is 0.438. The van der Waals surface area contributed by atoms with Crippen LogP contribution in [0.1, 0.15) is 32.1 Å². The van der Waals surface area contributed by atoms with Crippen LogP contribution >= 0.6 is 0 Å². The number of β-amino-alcohol motifs (C(OH)–C–C–N with tert-alkyl or cyclic N) is 1. The molecule has 0 spiro atoms. The van der Waals surface area contributed by atoms with Crippen LogP contribution in [0.5, 0.6) is 6.01 Å². The van der Waals surface area contributed by atoms with Crippen LogP contribution in [-0.4, -0.2) is 82.5 Å². The van der Waals surface area contributed by atoms with Crippen LogP contribution in [0.3, 0.4) is 0 Å². The maximum atomic E-state index is 16.5. The Morgan fingerprint density at radius 2 is 1.86 bits per heavy atom. The summed E-state index contributed by atoms with van der Waals surface area (Å²) in [5.41, 5.74) is 0.212. The van der Waals surface area contributed by atoms with Crippen molar-refractivity contribution in [2.45, 2.75) is 43.7 Å². The number of pyridine rings is 1. The summed E-state index contributed by atoms with van der Waals surface area (Å²) in [4.78, 5) is 30.1. The summed E-state index contributed by atoms with van der Waals surface area (Å²) >= 11 is 0. The van der Waals surface area contributed by atoms with Crippen LogP contribution in [0.4, 0.5) is 14.6 Å². The zero-order chi connectivity index (χ0) is 29.7. The van der Waals surface area contributed by atoms with Crippen molar-refractivity contribution >= 4 is 33.5 Å². The number of halogens is 2. The molecule has 2 aromatic heterocycles. The van der Waals surface area contributed by atoms with Gasteiger partial charge in [0.1, 0.15) is 29.5 Å². The number of hydrogen-bond donors (Lipinski definition) is 1. The van der Waals surface area contributed by atoms with Gasteiger partial charge < -0.3 is 19.5 Å². The molecular formula is C32H33F2N5O4. The Morgan fingerprint density at radius 3 is 2.60 bits per heavy atom. The molecule has 0 bridgehead atoms. The Kier molecular flexibility index (Phi) is 7.09. The van der Waals surface area contributed by atoms with E-state index in [-0.39, 0.29) is 34.7 Å². The highest BCUT2D eigenvalue weighted by atomic mass is 19.1. The van der Waals surface area contributed by atoms with Crippen molar-refractivity contribution in [1.29, 1.82) is 0 Å². The molecule has 9 nitrogen and oxygen atoms in total. The molecular weight excluding hydrogens is 556 g/mol. The molecule has 4 aromatic rings. The van der Waals surface area contributed by atoms with Crippen LogP contribution in [0.15, 0.2) is 42.6 Å². The van der Waals surface area contributed by atoms with Gasteiger partial charge in [-0.1, -0.05) is 30.3 Å². The van der Waals surface area contributed by atoms with Crippen LogP contribution in [0.25, 0.3) is 32.9 Å². The zero-order valence-corrected chi connectivity index (χ0v) is 23.9. The third-order valence-electron chi connectivity index (χ3n) is 9.42. The van der Waals surface area contributed by atoms with Gasteiger partial charge in [-0.25, -0.2) is 8.78 Å². The number of piperidine rings is 1. The van der Waals surface area contributed by atoms with Gasteiger partial charge in [0.15, 0.2) is 5.82 Å². The Bertz CT molecular complexity index is 1700. The Hall–Kier alpha value is -3.96. The second kappa shape index (κ2) is 10.9. The lowest BCUT2D eigenvalue weighted by atomic mass is 9.94. The number of aliphatic hydroxyl groups is 1. The van der Waals surface area contributed by atoms with E-state index >= 15 is 4.39 Å². The largest absolute Gasteiger partial charge is 0.469 e. The normalized spacial score (nSPS) is 21.8. The van der Waals surface area contributed by atoms with E-state index < -0.39 is 29.6 Å². The standard InChI is InChI=1S/C32H33F2N5O4/c1-42-30(41)20-10-15-38(17-24(20)40)29-22-16-35-27(21-8-2-6-19-7-3-9-23(33)25(19)21)26(34)28(22)36-31(37-29)43-18-32-11-4-13-39(32)14-5-12-32/h2-3,6-9,16,20,24,40H,4-5,10-15,17-18H2,1H3/t20-,24+/m0/s1. The molecule has 0 amide bonds. The molecule has 7 rings (SSSR count). The van der Waals surface area contributed by atoms with Gasteiger partial charge in [0, 0.05) is 30.2 Å². The van der Waals surface area contributed by atoms with E-state index in [1.165, 1.54) is 19.4 Å². The number of aliphatic hydroxyl groups excluding tert-OH is 1. The van der Waals surface area contributed by atoms with Crippen LogP contribution in [0.2, 0.25) is 0 Å². The van der Waals surface area contributed by atoms with Crippen molar-refractivity contribution in [1.82, 2.24) is 19.9 Å². The summed E-state index contributed by atoms with van der Waals surface area (Å²) in [6.07, 6.45) is 5.06. The zero-order valence-electron chi connectivity index (χ0n) is 23.9. The minimum Gasteiger partial charge on any atom is -0.469 e. The van der Waals surface area contributed by atoms with Gasteiger partial charge in [0.25, 0.3) is 0 Å². The molecule has 0 unspecified atom stereocenters. The molecule has 2 aromatic carbocycles. The van der Waals surface area contributed by atoms with Gasteiger partial charge in [-0.15, -0.1) is 0 Å². The third-order valence-corrected chi connectivity index (χ3v) is 9.42. The molecule has 3 saturated heterocycles. The number of ether oxygens (including phenoxy) is 2. The maximum Gasteiger partial charge on any atom is 0.319 e. The number of aromatic nitrogens is 3. The summed E-state index contributed by atoms with van der Waals surface area (Å²) < 4.78 is 42.6. The van der Waals surface area contributed by atoms with Crippen molar-refractivity contribution in [3.63, 3.8) is 0 Å². The van der Waals surface area contributed by atoms with Crippen molar-refractivity contribution in [3.05, 3.63) is 54.2 Å². The van der Waals surface area contributed by atoms with Crippen LogP contribution in [0, 0.1) is 17.6 Å². The number of hydrogen-bond acceptors (Lipinski definition) is 9. The highest BCUT2D eigenvalue weighted by Gasteiger charge is 2.45. The van der Waals surface area contributed by atoms with Gasteiger partial charge in [0.05, 0.1) is 30.1 Å².